The molecule has 0 saturated carbocycles. The van der Waals surface area contributed by atoms with Gasteiger partial charge in [0, 0.05) is 19.5 Å². The van der Waals surface area contributed by atoms with E-state index in [1.54, 1.807) is 0 Å². The van der Waals surface area contributed by atoms with E-state index in [1.165, 1.54) is 30.6 Å². The minimum Gasteiger partial charge on any atom is -0.148 e. The third-order valence-corrected chi connectivity index (χ3v) is 9.73. The van der Waals surface area contributed by atoms with Gasteiger partial charge in [-0.3, -0.25) is 0 Å². The van der Waals surface area contributed by atoms with Crippen molar-refractivity contribution in [1.82, 2.24) is 0 Å². The summed E-state index contributed by atoms with van der Waals surface area (Å²) in [5.74, 6) is 4.11. The van der Waals surface area contributed by atoms with Crippen LogP contribution in [0.1, 0.15) is 149 Å². The van der Waals surface area contributed by atoms with Gasteiger partial charge in [0.05, 0.1) is 0 Å². The van der Waals surface area contributed by atoms with Crippen LogP contribution in [0, 0.1) is 0 Å². The zero-order chi connectivity index (χ0) is 25.3. The van der Waals surface area contributed by atoms with E-state index in [-0.39, 0.29) is 0 Å². The third-order valence-electron chi connectivity index (χ3n) is 5.54. The van der Waals surface area contributed by atoms with Gasteiger partial charge in [-0.2, -0.15) is 0 Å². The first-order chi connectivity index (χ1) is 15.3. The molecule has 0 aliphatic carbocycles. The quantitative estimate of drug-likeness (QED) is 0.313. The molecule has 0 amide bonds. The molecule has 0 N–H and O–H groups in total. The Labute approximate surface area is 217 Å². The Balaban J connectivity index is 0.000000247. The number of hydrogen-bond donors (Lipinski definition) is 0. The molecule has 0 unspecified atom stereocenters. The summed E-state index contributed by atoms with van der Waals surface area (Å²) in [6.07, 6.45) is 0. The highest BCUT2D eigenvalue weighted by Gasteiger charge is 2.07. The summed E-state index contributed by atoms with van der Waals surface area (Å²) in [6, 6.07) is 9.18. The molecule has 3 aromatic rings. The van der Waals surface area contributed by atoms with Crippen molar-refractivity contribution in [3.8, 4) is 0 Å². The molecule has 0 saturated heterocycles. The summed E-state index contributed by atoms with van der Waals surface area (Å²) < 4.78 is 0. The normalized spacial score (nSPS) is 11.5. The third kappa shape index (κ3) is 10.5. The molecule has 0 aliphatic heterocycles. The average Bonchev–Trinajstić information content (AvgIpc) is 3.49. The second kappa shape index (κ2) is 14.5. The van der Waals surface area contributed by atoms with Gasteiger partial charge >= 0.3 is 0 Å². The Hall–Kier alpha value is -0.900. The van der Waals surface area contributed by atoms with Crippen molar-refractivity contribution in [2.45, 2.75) is 119 Å². The van der Waals surface area contributed by atoms with Gasteiger partial charge in [-0.1, -0.05) is 83.1 Å². The Kier molecular flexibility index (Phi) is 13.2. The Bertz CT molecular complexity index is 714. The minimum atomic E-state index is 0.679. The second-order valence-corrected chi connectivity index (χ2v) is 13.8. The maximum atomic E-state index is 2.33. The summed E-state index contributed by atoms with van der Waals surface area (Å²) in [5.41, 5.74) is 2.97. The van der Waals surface area contributed by atoms with Gasteiger partial charge in [0.2, 0.25) is 0 Å². The van der Waals surface area contributed by atoms with E-state index in [4.69, 9.17) is 0 Å². The van der Waals surface area contributed by atoms with Crippen molar-refractivity contribution in [1.29, 1.82) is 0 Å². The van der Waals surface area contributed by atoms with Crippen LogP contribution in [0.25, 0.3) is 0 Å². The maximum Gasteiger partial charge on any atom is 0.00737 e. The van der Waals surface area contributed by atoms with Crippen LogP contribution in [0.3, 0.4) is 0 Å². The van der Waals surface area contributed by atoms with E-state index >= 15 is 0 Å². The van der Waals surface area contributed by atoms with Crippen LogP contribution >= 0.6 is 34.0 Å². The second-order valence-electron chi connectivity index (χ2n) is 10.7. The maximum absolute atomic E-state index is 2.33. The fourth-order valence-electron chi connectivity index (χ4n) is 2.94. The monoisotopic (exact) mass is 504 g/mol. The summed E-state index contributed by atoms with van der Waals surface area (Å²) in [7, 11) is 0. The van der Waals surface area contributed by atoms with Crippen LogP contribution in [-0.2, 0) is 0 Å². The SMILES string of the molecule is CC(C)c1ccc(C(C)C)s1.CC(C)c1csc(C(C)C)c1.CC(C)c1csc(C(C)C)c1. The van der Waals surface area contributed by atoms with E-state index in [9.17, 15) is 0 Å². The summed E-state index contributed by atoms with van der Waals surface area (Å²) in [4.78, 5) is 6.03. The molecule has 0 atom stereocenters. The molecule has 0 radical (unpaired) electrons. The lowest BCUT2D eigenvalue weighted by Gasteiger charge is -2.00. The molecular formula is C30H48S3. The first-order valence-electron chi connectivity index (χ1n) is 12.6. The van der Waals surface area contributed by atoms with Crippen molar-refractivity contribution >= 4 is 34.0 Å². The van der Waals surface area contributed by atoms with Gasteiger partial charge in [0.15, 0.2) is 0 Å². The molecule has 3 heteroatoms. The fourth-order valence-corrected chi connectivity index (χ4v) is 6.13. The lowest BCUT2D eigenvalue weighted by atomic mass is 10.1. The van der Waals surface area contributed by atoms with E-state index in [0.717, 1.165) is 0 Å². The topological polar surface area (TPSA) is 0 Å². The van der Waals surface area contributed by atoms with E-state index in [0.29, 0.717) is 35.5 Å². The Morgan fingerprint density at radius 2 is 0.727 bits per heavy atom. The Morgan fingerprint density at radius 1 is 0.424 bits per heavy atom. The molecule has 0 nitrogen and oxygen atoms in total. The number of thiophene rings is 3. The number of rotatable bonds is 6. The van der Waals surface area contributed by atoms with Crippen LogP contribution < -0.4 is 0 Å². The molecule has 0 spiro atoms. The lowest BCUT2D eigenvalue weighted by molar-refractivity contribution is 0.856. The first-order valence-corrected chi connectivity index (χ1v) is 15.2. The highest BCUT2D eigenvalue weighted by atomic mass is 32.1. The highest BCUT2D eigenvalue weighted by Crippen LogP contribution is 2.29. The van der Waals surface area contributed by atoms with Gasteiger partial charge in [0.25, 0.3) is 0 Å². The smallest absolute Gasteiger partial charge is 0.00737 e. The molecule has 0 fully saturated rings. The van der Waals surface area contributed by atoms with Crippen molar-refractivity contribution in [3.05, 3.63) is 65.7 Å². The molecule has 0 bridgehead atoms. The fraction of sp³-hybridized carbons (Fsp3) is 0.600. The molecule has 3 heterocycles. The van der Waals surface area contributed by atoms with Gasteiger partial charge in [-0.25, -0.2) is 0 Å². The first kappa shape index (κ1) is 30.1. The molecule has 186 valence electrons. The Morgan fingerprint density at radius 3 is 0.879 bits per heavy atom. The largest absolute Gasteiger partial charge is 0.148 e. The average molecular weight is 505 g/mol. The van der Waals surface area contributed by atoms with Crippen LogP contribution in [0.2, 0.25) is 0 Å². The molecular weight excluding hydrogens is 457 g/mol. The van der Waals surface area contributed by atoms with Gasteiger partial charge in [-0.05, 0) is 81.7 Å². The molecule has 33 heavy (non-hydrogen) atoms. The molecule has 0 aromatic carbocycles. The van der Waals surface area contributed by atoms with Crippen LogP contribution in [0.5, 0.6) is 0 Å². The van der Waals surface area contributed by atoms with Gasteiger partial charge < -0.3 is 0 Å². The molecule has 3 rings (SSSR count). The zero-order valence-electron chi connectivity index (χ0n) is 23.2. The minimum absolute atomic E-state index is 0.679. The molecule has 0 aliphatic rings. The van der Waals surface area contributed by atoms with Crippen LogP contribution in [0.4, 0.5) is 0 Å². The van der Waals surface area contributed by atoms with Crippen LogP contribution in [0.15, 0.2) is 35.0 Å². The van der Waals surface area contributed by atoms with Crippen molar-refractivity contribution in [2.24, 2.45) is 0 Å². The van der Waals surface area contributed by atoms with Crippen molar-refractivity contribution in [2.75, 3.05) is 0 Å². The standard InChI is InChI=1S/3C10H16S/c2*1-7(2)9-5-10(8(3)4)11-6-9;1-7(2)9-5-6-10(11-9)8(3)4/h3*5-8H,1-4H3. The van der Waals surface area contributed by atoms with Crippen LogP contribution in [-0.4, -0.2) is 0 Å². The number of hydrogen-bond acceptors (Lipinski definition) is 3. The molecule has 3 aromatic heterocycles. The highest BCUT2D eigenvalue weighted by molar-refractivity contribution is 7.12. The summed E-state index contributed by atoms with van der Waals surface area (Å²) in [5, 5.41) is 4.56. The van der Waals surface area contributed by atoms with Gasteiger partial charge in [0.1, 0.15) is 0 Å². The van der Waals surface area contributed by atoms with Gasteiger partial charge in [-0.15, -0.1) is 34.0 Å². The van der Waals surface area contributed by atoms with E-state index in [1.807, 2.05) is 34.0 Å². The predicted molar refractivity (Wildman–Crippen MR) is 157 cm³/mol. The van der Waals surface area contributed by atoms with E-state index in [2.05, 4.69) is 118 Å². The predicted octanol–water partition coefficient (Wildman–Crippen LogP) is 12.0. The summed E-state index contributed by atoms with van der Waals surface area (Å²) >= 11 is 5.72. The lowest BCUT2D eigenvalue weighted by Crippen LogP contribution is -1.83. The summed E-state index contributed by atoms with van der Waals surface area (Å²) in [6.45, 7) is 26.9. The zero-order valence-corrected chi connectivity index (χ0v) is 25.6. The van der Waals surface area contributed by atoms with E-state index < -0.39 is 0 Å². The van der Waals surface area contributed by atoms with Crippen molar-refractivity contribution < 1.29 is 0 Å². The van der Waals surface area contributed by atoms with Crippen molar-refractivity contribution in [3.63, 3.8) is 0 Å².